The molecule has 1 saturated heterocycles. The molecule has 0 unspecified atom stereocenters. The first-order valence-corrected chi connectivity index (χ1v) is 11.9. The first-order valence-electron chi connectivity index (χ1n) is 11.1. The Morgan fingerprint density at radius 3 is 2.56 bits per heavy atom. The molecule has 176 valence electrons. The topological polar surface area (TPSA) is 79.9 Å². The number of halogens is 1. The largest absolute Gasteiger partial charge is 0.494 e. The number of anilines is 2. The fourth-order valence-electron chi connectivity index (χ4n) is 3.71. The van der Waals surface area contributed by atoms with E-state index in [1.165, 1.54) is 0 Å². The fraction of sp³-hybridized carbons (Fsp3) is 0.231. The fourth-order valence-corrected chi connectivity index (χ4v) is 4.07. The van der Waals surface area contributed by atoms with E-state index in [0.29, 0.717) is 31.2 Å². The Morgan fingerprint density at radius 1 is 1.06 bits per heavy atom. The molecule has 34 heavy (non-hydrogen) atoms. The van der Waals surface area contributed by atoms with Crippen LogP contribution in [0.4, 0.5) is 11.4 Å². The Hall–Kier alpha value is -3.52. The van der Waals surface area contributed by atoms with E-state index in [1.807, 2.05) is 79.7 Å². The number of amides is 2. The number of hydrogen-bond acceptors (Lipinski definition) is 5. The average Bonchev–Trinajstić information content (AvgIpc) is 3.25. The van der Waals surface area contributed by atoms with E-state index in [0.717, 1.165) is 21.5 Å². The van der Waals surface area contributed by atoms with Crippen molar-refractivity contribution in [2.24, 2.45) is 5.92 Å². The smallest absolute Gasteiger partial charge is 0.243 e. The quantitative estimate of drug-likeness (QED) is 0.389. The van der Waals surface area contributed by atoms with Crippen molar-refractivity contribution in [2.75, 3.05) is 23.5 Å². The zero-order valence-corrected chi connectivity index (χ0v) is 20.4. The van der Waals surface area contributed by atoms with Gasteiger partial charge in [0.1, 0.15) is 18.1 Å². The number of ether oxygens (including phenoxy) is 2. The Labute approximate surface area is 207 Å². The number of nitrogens with zero attached hydrogens (tertiary/aromatic N) is 1. The minimum atomic E-state index is -0.465. The van der Waals surface area contributed by atoms with Crippen molar-refractivity contribution in [1.29, 1.82) is 0 Å². The Kier molecular flexibility index (Phi) is 7.69. The van der Waals surface area contributed by atoms with Crippen molar-refractivity contribution in [1.82, 2.24) is 5.43 Å². The molecule has 2 N–H and O–H groups in total. The van der Waals surface area contributed by atoms with Crippen LogP contribution in [-0.2, 0) is 16.2 Å². The SMILES string of the molecule is CCOc1ccc(N2C[C@H](C(=O)NNc3cc(Br)ccc3OCc3ccccc3)CC2=O)cc1. The molecular formula is C26H26BrN3O4. The molecule has 4 rings (SSSR count). The normalized spacial score (nSPS) is 15.2. The maximum absolute atomic E-state index is 12.8. The summed E-state index contributed by atoms with van der Waals surface area (Å²) < 4.78 is 12.2. The molecule has 3 aromatic rings. The second-order valence-corrected chi connectivity index (χ2v) is 8.78. The molecule has 1 heterocycles. The van der Waals surface area contributed by atoms with Crippen molar-refractivity contribution < 1.29 is 19.1 Å². The molecule has 0 spiro atoms. The van der Waals surface area contributed by atoms with E-state index in [-0.39, 0.29) is 18.2 Å². The van der Waals surface area contributed by atoms with Gasteiger partial charge in [-0.1, -0.05) is 46.3 Å². The summed E-state index contributed by atoms with van der Waals surface area (Å²) in [5.74, 6) is 0.545. The average molecular weight is 524 g/mol. The summed E-state index contributed by atoms with van der Waals surface area (Å²) in [7, 11) is 0. The maximum Gasteiger partial charge on any atom is 0.243 e. The highest BCUT2D eigenvalue weighted by molar-refractivity contribution is 9.10. The van der Waals surface area contributed by atoms with Crippen LogP contribution in [-0.4, -0.2) is 25.0 Å². The Bertz CT molecular complexity index is 1140. The van der Waals surface area contributed by atoms with Gasteiger partial charge in [0.15, 0.2) is 0 Å². The van der Waals surface area contributed by atoms with Crippen LogP contribution in [0.3, 0.4) is 0 Å². The summed E-state index contributed by atoms with van der Waals surface area (Å²) in [6.45, 7) is 3.21. The molecule has 3 aromatic carbocycles. The summed E-state index contributed by atoms with van der Waals surface area (Å²) in [6, 6.07) is 22.7. The molecule has 0 radical (unpaired) electrons. The molecule has 1 aliphatic heterocycles. The van der Waals surface area contributed by atoms with Crippen molar-refractivity contribution in [2.45, 2.75) is 20.0 Å². The van der Waals surface area contributed by atoms with Crippen molar-refractivity contribution >= 4 is 39.1 Å². The van der Waals surface area contributed by atoms with Crippen LogP contribution in [0.2, 0.25) is 0 Å². The third kappa shape index (κ3) is 5.88. The summed E-state index contributed by atoms with van der Waals surface area (Å²) >= 11 is 3.45. The number of carbonyl (C=O) groups is 2. The van der Waals surface area contributed by atoms with Crippen molar-refractivity contribution in [3.05, 3.63) is 82.8 Å². The molecule has 1 atom stereocenters. The van der Waals surface area contributed by atoms with E-state index in [9.17, 15) is 9.59 Å². The predicted molar refractivity (Wildman–Crippen MR) is 135 cm³/mol. The van der Waals surface area contributed by atoms with Crippen LogP contribution in [0, 0.1) is 5.92 Å². The maximum atomic E-state index is 12.8. The van der Waals surface area contributed by atoms with Gasteiger partial charge in [0.2, 0.25) is 11.8 Å². The standard InChI is InChI=1S/C26H26BrN3O4/c1-2-33-22-11-9-21(10-12-22)30-16-19(14-25(30)31)26(32)29-28-23-15-20(27)8-13-24(23)34-17-18-6-4-3-5-7-18/h3-13,15,19,28H,2,14,16-17H2,1H3,(H,29,32)/t19-/m1/s1. The third-order valence-electron chi connectivity index (χ3n) is 5.45. The van der Waals surface area contributed by atoms with E-state index in [1.54, 1.807) is 4.90 Å². The van der Waals surface area contributed by atoms with Gasteiger partial charge in [-0.05, 0) is 55.0 Å². The first kappa shape index (κ1) is 23.6. The number of nitrogens with one attached hydrogen (secondary N) is 2. The number of carbonyl (C=O) groups excluding carboxylic acids is 2. The molecule has 2 amide bonds. The minimum Gasteiger partial charge on any atom is -0.494 e. The molecule has 8 heteroatoms. The number of rotatable bonds is 9. The highest BCUT2D eigenvalue weighted by Gasteiger charge is 2.35. The molecule has 0 bridgehead atoms. The summed E-state index contributed by atoms with van der Waals surface area (Å²) in [5.41, 5.74) is 8.10. The number of benzene rings is 3. The Balaban J connectivity index is 1.36. The zero-order chi connectivity index (χ0) is 23.9. The number of hydrogen-bond donors (Lipinski definition) is 2. The van der Waals surface area contributed by atoms with E-state index in [4.69, 9.17) is 9.47 Å². The summed E-state index contributed by atoms with van der Waals surface area (Å²) in [5, 5.41) is 0. The van der Waals surface area contributed by atoms with Gasteiger partial charge >= 0.3 is 0 Å². The zero-order valence-electron chi connectivity index (χ0n) is 18.8. The van der Waals surface area contributed by atoms with Gasteiger partial charge < -0.3 is 14.4 Å². The highest BCUT2D eigenvalue weighted by atomic mass is 79.9. The molecule has 0 saturated carbocycles. The van der Waals surface area contributed by atoms with E-state index < -0.39 is 5.92 Å². The first-order chi connectivity index (χ1) is 16.5. The molecule has 1 fully saturated rings. The van der Waals surface area contributed by atoms with Crippen LogP contribution in [0.5, 0.6) is 11.5 Å². The van der Waals surface area contributed by atoms with Crippen molar-refractivity contribution in [3.8, 4) is 11.5 Å². The second-order valence-electron chi connectivity index (χ2n) is 7.86. The minimum absolute atomic E-state index is 0.0846. The van der Waals surface area contributed by atoms with Crippen LogP contribution < -0.4 is 25.2 Å². The lowest BCUT2D eigenvalue weighted by atomic mass is 10.1. The van der Waals surface area contributed by atoms with Gasteiger partial charge in [-0.2, -0.15) is 0 Å². The Morgan fingerprint density at radius 2 is 1.82 bits per heavy atom. The highest BCUT2D eigenvalue weighted by Crippen LogP contribution is 2.30. The van der Waals surface area contributed by atoms with Gasteiger partial charge in [0, 0.05) is 23.1 Å². The molecule has 0 aromatic heterocycles. The summed E-state index contributed by atoms with van der Waals surface area (Å²) in [6.07, 6.45) is 0.149. The van der Waals surface area contributed by atoms with E-state index in [2.05, 4.69) is 26.8 Å². The molecule has 0 aliphatic carbocycles. The lowest BCUT2D eigenvalue weighted by Crippen LogP contribution is -2.36. The molecule has 1 aliphatic rings. The number of hydrazine groups is 1. The van der Waals surface area contributed by atoms with Gasteiger partial charge in [-0.3, -0.25) is 20.4 Å². The van der Waals surface area contributed by atoms with Crippen LogP contribution in [0.25, 0.3) is 0 Å². The van der Waals surface area contributed by atoms with Crippen LogP contribution >= 0.6 is 15.9 Å². The predicted octanol–water partition coefficient (Wildman–Crippen LogP) is 4.92. The van der Waals surface area contributed by atoms with Gasteiger partial charge in [0.25, 0.3) is 0 Å². The van der Waals surface area contributed by atoms with Gasteiger partial charge in [0.05, 0.1) is 18.2 Å². The lowest BCUT2D eigenvalue weighted by Gasteiger charge is -2.18. The lowest BCUT2D eigenvalue weighted by molar-refractivity contribution is -0.125. The van der Waals surface area contributed by atoms with Gasteiger partial charge in [-0.15, -0.1) is 0 Å². The molecule has 7 nitrogen and oxygen atoms in total. The van der Waals surface area contributed by atoms with Crippen LogP contribution in [0.15, 0.2) is 77.3 Å². The van der Waals surface area contributed by atoms with E-state index >= 15 is 0 Å². The third-order valence-corrected chi connectivity index (χ3v) is 5.95. The van der Waals surface area contributed by atoms with Crippen LogP contribution in [0.1, 0.15) is 18.9 Å². The second kappa shape index (κ2) is 11.1. The summed E-state index contributed by atoms with van der Waals surface area (Å²) in [4.78, 5) is 27.0. The molecular weight excluding hydrogens is 498 g/mol. The van der Waals surface area contributed by atoms with Gasteiger partial charge in [-0.25, -0.2) is 0 Å². The van der Waals surface area contributed by atoms with Crippen molar-refractivity contribution in [3.63, 3.8) is 0 Å². The monoisotopic (exact) mass is 523 g/mol.